The molecule has 2 aromatic carbocycles. The molecule has 1 amide bonds. The van der Waals surface area contributed by atoms with Crippen LogP contribution >= 0.6 is 11.8 Å². The fourth-order valence-electron chi connectivity index (χ4n) is 3.12. The van der Waals surface area contributed by atoms with E-state index in [9.17, 15) is 9.18 Å². The molecule has 0 saturated carbocycles. The first kappa shape index (κ1) is 17.6. The molecular weight excluding hydrogens is 365 g/mol. The molecule has 1 atom stereocenters. The van der Waals surface area contributed by atoms with Crippen LogP contribution in [0.25, 0.3) is 11.1 Å². The second kappa shape index (κ2) is 7.44. The van der Waals surface area contributed by atoms with E-state index in [-0.39, 0.29) is 11.9 Å². The molecule has 3 aromatic rings. The van der Waals surface area contributed by atoms with Gasteiger partial charge >= 0.3 is 6.09 Å². The molecule has 1 aliphatic heterocycles. The lowest BCUT2D eigenvalue weighted by Gasteiger charge is -2.14. The largest absolute Gasteiger partial charge is 0.442 e. The molecule has 7 heteroatoms. The summed E-state index contributed by atoms with van der Waals surface area (Å²) in [5.74, 6) is -0.368. The van der Waals surface area contributed by atoms with Crippen molar-refractivity contribution in [3.63, 3.8) is 0 Å². The third kappa shape index (κ3) is 3.68. The highest BCUT2D eigenvalue weighted by molar-refractivity contribution is 7.98. The number of rotatable bonds is 5. The Bertz CT molecular complexity index is 944. The Kier molecular flexibility index (Phi) is 4.85. The van der Waals surface area contributed by atoms with E-state index >= 15 is 0 Å². The van der Waals surface area contributed by atoms with Crippen molar-refractivity contribution in [2.24, 2.45) is 0 Å². The van der Waals surface area contributed by atoms with Gasteiger partial charge in [-0.15, -0.1) is 11.8 Å². The van der Waals surface area contributed by atoms with Crippen molar-refractivity contribution in [3.05, 3.63) is 66.7 Å². The van der Waals surface area contributed by atoms with E-state index in [4.69, 9.17) is 4.74 Å². The third-order valence-electron chi connectivity index (χ3n) is 4.49. The molecule has 5 nitrogen and oxygen atoms in total. The Hall–Kier alpha value is -2.80. The quantitative estimate of drug-likeness (QED) is 0.611. The highest BCUT2D eigenvalue weighted by Crippen LogP contribution is 2.30. The first-order valence-corrected chi connectivity index (χ1v) is 9.76. The summed E-state index contributed by atoms with van der Waals surface area (Å²) in [5, 5.41) is 4.12. The van der Waals surface area contributed by atoms with E-state index in [0.29, 0.717) is 24.3 Å². The topological polar surface area (TPSA) is 47.4 Å². The number of ether oxygens (including phenoxy) is 1. The van der Waals surface area contributed by atoms with Crippen LogP contribution in [0.4, 0.5) is 14.9 Å². The molecule has 0 N–H and O–H groups in total. The number of hydrogen-bond donors (Lipinski definition) is 0. The number of aromatic nitrogens is 2. The molecule has 0 spiro atoms. The molecule has 1 aromatic heterocycles. The van der Waals surface area contributed by atoms with E-state index in [1.165, 1.54) is 11.0 Å². The monoisotopic (exact) mass is 383 g/mol. The smallest absolute Gasteiger partial charge is 0.414 e. The van der Waals surface area contributed by atoms with Crippen LogP contribution in [0.3, 0.4) is 0 Å². The molecule has 1 unspecified atom stereocenters. The zero-order valence-electron chi connectivity index (χ0n) is 14.7. The van der Waals surface area contributed by atoms with E-state index in [2.05, 4.69) is 5.10 Å². The van der Waals surface area contributed by atoms with E-state index in [1.54, 1.807) is 34.8 Å². The summed E-state index contributed by atoms with van der Waals surface area (Å²) in [6, 6.07) is 14.4. The second-order valence-corrected chi connectivity index (χ2v) is 7.12. The molecule has 27 heavy (non-hydrogen) atoms. The predicted molar refractivity (Wildman–Crippen MR) is 103 cm³/mol. The van der Waals surface area contributed by atoms with Crippen LogP contribution in [0.5, 0.6) is 0 Å². The number of amides is 1. The Morgan fingerprint density at radius 2 is 2.07 bits per heavy atom. The minimum Gasteiger partial charge on any atom is -0.442 e. The summed E-state index contributed by atoms with van der Waals surface area (Å²) >= 11 is 1.64. The molecule has 4 rings (SSSR count). The summed E-state index contributed by atoms with van der Waals surface area (Å²) in [7, 11) is 0. The van der Waals surface area contributed by atoms with Crippen LogP contribution in [0.2, 0.25) is 0 Å². The summed E-state index contributed by atoms with van der Waals surface area (Å²) < 4.78 is 21.8. The summed E-state index contributed by atoms with van der Waals surface area (Å²) in [6.45, 7) is 0.831. The van der Waals surface area contributed by atoms with Crippen LogP contribution in [-0.2, 0) is 11.3 Å². The van der Waals surface area contributed by atoms with Crippen LogP contribution in [-0.4, -0.2) is 34.8 Å². The number of cyclic esters (lactones) is 1. The van der Waals surface area contributed by atoms with Crippen molar-refractivity contribution in [2.75, 3.05) is 17.7 Å². The van der Waals surface area contributed by atoms with Crippen molar-refractivity contribution in [3.8, 4) is 11.1 Å². The average molecular weight is 383 g/mol. The second-order valence-electron chi connectivity index (χ2n) is 6.24. The number of carbonyl (C=O) groups excluding carboxylic acids is 1. The lowest BCUT2D eigenvalue weighted by atomic mass is 10.0. The van der Waals surface area contributed by atoms with Gasteiger partial charge in [-0.05, 0) is 48.2 Å². The number of benzene rings is 2. The molecular formula is C20H18FN3O2S. The Labute approximate surface area is 160 Å². The van der Waals surface area contributed by atoms with E-state index in [1.807, 2.05) is 42.8 Å². The van der Waals surface area contributed by atoms with Gasteiger partial charge in [0, 0.05) is 22.9 Å². The minimum atomic E-state index is -0.469. The summed E-state index contributed by atoms with van der Waals surface area (Å²) in [6.07, 6.45) is 4.70. The molecule has 1 aliphatic rings. The number of halogens is 1. The molecule has 1 fully saturated rings. The zero-order valence-corrected chi connectivity index (χ0v) is 15.5. The maximum absolute atomic E-state index is 14.7. The van der Waals surface area contributed by atoms with Gasteiger partial charge in [0.15, 0.2) is 0 Å². The lowest BCUT2D eigenvalue weighted by Crippen LogP contribution is -2.26. The first-order valence-electron chi connectivity index (χ1n) is 8.53. The van der Waals surface area contributed by atoms with E-state index < -0.39 is 6.09 Å². The number of anilines is 1. The summed E-state index contributed by atoms with van der Waals surface area (Å²) in [4.78, 5) is 14.8. The van der Waals surface area contributed by atoms with Crippen LogP contribution in [0, 0.1) is 5.82 Å². The number of thioether (sulfide) groups is 1. The van der Waals surface area contributed by atoms with E-state index in [0.717, 1.165) is 10.5 Å². The van der Waals surface area contributed by atoms with Crippen molar-refractivity contribution in [1.29, 1.82) is 0 Å². The molecule has 2 heterocycles. The van der Waals surface area contributed by atoms with Gasteiger partial charge in [0.2, 0.25) is 0 Å². The van der Waals surface area contributed by atoms with Gasteiger partial charge in [-0.1, -0.05) is 12.1 Å². The van der Waals surface area contributed by atoms with Gasteiger partial charge in [0.25, 0.3) is 0 Å². The van der Waals surface area contributed by atoms with Crippen LogP contribution < -0.4 is 4.90 Å². The van der Waals surface area contributed by atoms with Gasteiger partial charge in [0.05, 0.1) is 18.8 Å². The third-order valence-corrected chi connectivity index (χ3v) is 5.23. The normalized spacial score (nSPS) is 16.6. The Morgan fingerprint density at radius 1 is 1.26 bits per heavy atom. The fraction of sp³-hybridized carbons (Fsp3) is 0.200. The van der Waals surface area contributed by atoms with Crippen molar-refractivity contribution >= 4 is 23.5 Å². The Morgan fingerprint density at radius 3 is 2.74 bits per heavy atom. The number of nitrogens with zero attached hydrogens (tertiary/aromatic N) is 3. The zero-order chi connectivity index (χ0) is 18.8. The lowest BCUT2D eigenvalue weighted by molar-refractivity contribution is 0.129. The SMILES string of the molecule is CSc1ccc(-c2ccc(N3CC(Cn4cccn4)OC3=O)cc2F)cc1. The molecule has 0 aliphatic carbocycles. The fourth-order valence-corrected chi connectivity index (χ4v) is 3.53. The summed E-state index contributed by atoms with van der Waals surface area (Å²) in [5.41, 5.74) is 1.80. The van der Waals surface area contributed by atoms with Crippen molar-refractivity contribution in [1.82, 2.24) is 9.78 Å². The molecule has 0 bridgehead atoms. The molecule has 0 radical (unpaired) electrons. The first-order chi connectivity index (χ1) is 13.1. The van der Waals surface area contributed by atoms with Crippen molar-refractivity contribution in [2.45, 2.75) is 17.5 Å². The van der Waals surface area contributed by atoms with Crippen molar-refractivity contribution < 1.29 is 13.9 Å². The minimum absolute atomic E-state index is 0.320. The van der Waals surface area contributed by atoms with Gasteiger partial charge in [-0.25, -0.2) is 9.18 Å². The van der Waals surface area contributed by atoms with Gasteiger partial charge < -0.3 is 4.74 Å². The maximum atomic E-state index is 14.7. The van der Waals surface area contributed by atoms with Gasteiger partial charge in [-0.2, -0.15) is 5.10 Å². The van der Waals surface area contributed by atoms with Crippen LogP contribution in [0.15, 0.2) is 65.8 Å². The molecule has 1 saturated heterocycles. The average Bonchev–Trinajstić information content (AvgIpc) is 3.31. The maximum Gasteiger partial charge on any atom is 0.414 e. The number of carbonyl (C=O) groups is 1. The van der Waals surface area contributed by atoms with Gasteiger partial charge in [0.1, 0.15) is 11.9 Å². The predicted octanol–water partition coefficient (Wildman–Crippen LogP) is 4.44. The van der Waals surface area contributed by atoms with Gasteiger partial charge in [-0.3, -0.25) is 9.58 Å². The highest BCUT2D eigenvalue weighted by Gasteiger charge is 2.33. The Balaban J connectivity index is 1.52. The highest BCUT2D eigenvalue weighted by atomic mass is 32.2. The molecule has 138 valence electrons. The van der Waals surface area contributed by atoms with Crippen LogP contribution in [0.1, 0.15) is 0 Å². The number of hydrogen-bond acceptors (Lipinski definition) is 4. The standard InChI is InChI=1S/C20H18FN3O2S/c1-27-17-6-3-14(4-7-17)18-8-5-15(11-19(18)21)24-13-16(26-20(24)25)12-23-10-2-9-22-23/h2-11,16H,12-13H2,1H3.